The molecule has 0 spiro atoms. The largest absolute Gasteiger partial charge is 0.479 e. The quantitative estimate of drug-likeness (QED) is 0.696. The van der Waals surface area contributed by atoms with Crippen molar-refractivity contribution in [2.75, 3.05) is 13.7 Å². The standard InChI is InChI=1S/C15H18N4O7/c1-7(21)24-11-9(4-20)26-15(12(11)25-8(2)22)19-6-18-10-13(19)16-5-17-14(10)23-3/h5-6,9,11-12,15,20H,4H2,1-3H3. The molecule has 11 nitrogen and oxygen atoms in total. The third-order valence-electron chi connectivity index (χ3n) is 3.86. The van der Waals surface area contributed by atoms with E-state index in [0.717, 1.165) is 0 Å². The summed E-state index contributed by atoms with van der Waals surface area (Å²) in [6, 6.07) is 0. The Balaban J connectivity index is 2.04. The van der Waals surface area contributed by atoms with Gasteiger partial charge in [-0.05, 0) is 0 Å². The third-order valence-corrected chi connectivity index (χ3v) is 3.86. The Bertz CT molecular complexity index is 823. The number of hydrogen-bond donors (Lipinski definition) is 1. The van der Waals surface area contributed by atoms with Crippen LogP contribution in [0.1, 0.15) is 20.1 Å². The molecule has 4 atom stereocenters. The van der Waals surface area contributed by atoms with Crippen molar-refractivity contribution in [3.05, 3.63) is 12.7 Å². The lowest BCUT2D eigenvalue weighted by Crippen LogP contribution is -2.40. The van der Waals surface area contributed by atoms with Gasteiger partial charge in [-0.3, -0.25) is 14.2 Å². The van der Waals surface area contributed by atoms with E-state index < -0.39 is 43.1 Å². The molecule has 2 aromatic rings. The van der Waals surface area contributed by atoms with Gasteiger partial charge in [0.1, 0.15) is 12.4 Å². The van der Waals surface area contributed by atoms with Gasteiger partial charge in [0.2, 0.25) is 5.88 Å². The molecule has 3 rings (SSSR count). The fraction of sp³-hybridized carbons (Fsp3) is 0.533. The minimum Gasteiger partial charge on any atom is -0.479 e. The number of hydrogen-bond acceptors (Lipinski definition) is 10. The van der Waals surface area contributed by atoms with Crippen LogP contribution < -0.4 is 4.74 Å². The van der Waals surface area contributed by atoms with Crippen molar-refractivity contribution in [3.63, 3.8) is 0 Å². The lowest BCUT2D eigenvalue weighted by molar-refractivity contribution is -0.165. The van der Waals surface area contributed by atoms with E-state index in [4.69, 9.17) is 18.9 Å². The summed E-state index contributed by atoms with van der Waals surface area (Å²) in [5.74, 6) is -0.906. The number of carbonyl (C=O) groups excluding carboxylic acids is 2. The molecule has 0 amide bonds. The molecule has 0 radical (unpaired) electrons. The number of aromatic nitrogens is 4. The number of aliphatic hydroxyl groups is 1. The molecule has 0 bridgehead atoms. The fourth-order valence-corrected chi connectivity index (χ4v) is 2.90. The van der Waals surface area contributed by atoms with Gasteiger partial charge in [-0.15, -0.1) is 0 Å². The molecule has 3 heterocycles. The molecule has 0 aromatic carbocycles. The van der Waals surface area contributed by atoms with E-state index in [1.807, 2.05) is 0 Å². The normalized spacial score (nSPS) is 25.2. The van der Waals surface area contributed by atoms with Crippen molar-refractivity contribution in [3.8, 4) is 5.88 Å². The van der Waals surface area contributed by atoms with Gasteiger partial charge in [-0.1, -0.05) is 0 Å². The molecule has 140 valence electrons. The Labute approximate surface area is 147 Å². The molecule has 0 aliphatic carbocycles. The number of nitrogens with zero attached hydrogens (tertiary/aromatic N) is 4. The Morgan fingerprint density at radius 3 is 2.50 bits per heavy atom. The summed E-state index contributed by atoms with van der Waals surface area (Å²) in [5.41, 5.74) is 0.760. The Hall–Kier alpha value is -2.79. The van der Waals surface area contributed by atoms with E-state index in [0.29, 0.717) is 11.2 Å². The number of ether oxygens (including phenoxy) is 4. The zero-order valence-electron chi connectivity index (χ0n) is 14.4. The van der Waals surface area contributed by atoms with E-state index in [9.17, 15) is 14.7 Å². The molecule has 1 N–H and O–H groups in total. The third kappa shape index (κ3) is 3.18. The first-order chi connectivity index (χ1) is 12.5. The van der Waals surface area contributed by atoms with Crippen LogP contribution in [0.15, 0.2) is 12.7 Å². The number of fused-ring (bicyclic) bond motifs is 1. The van der Waals surface area contributed by atoms with Crippen LogP contribution in [-0.4, -0.2) is 68.6 Å². The first-order valence-corrected chi connectivity index (χ1v) is 7.78. The van der Waals surface area contributed by atoms with Crippen molar-refractivity contribution >= 4 is 23.1 Å². The van der Waals surface area contributed by atoms with E-state index in [1.165, 1.54) is 38.2 Å². The second kappa shape index (κ2) is 7.22. The average Bonchev–Trinajstić information content (AvgIpc) is 3.16. The maximum Gasteiger partial charge on any atom is 0.303 e. The van der Waals surface area contributed by atoms with Crippen LogP contribution in [0.25, 0.3) is 11.2 Å². The Morgan fingerprint density at radius 1 is 1.19 bits per heavy atom. The van der Waals surface area contributed by atoms with E-state index in [-0.39, 0.29) is 5.88 Å². The molecule has 11 heteroatoms. The molecule has 1 aliphatic heterocycles. The lowest BCUT2D eigenvalue weighted by atomic mass is 10.1. The summed E-state index contributed by atoms with van der Waals surface area (Å²) in [4.78, 5) is 35.3. The zero-order chi connectivity index (χ0) is 18.8. The van der Waals surface area contributed by atoms with Crippen LogP contribution in [0.5, 0.6) is 5.88 Å². The molecule has 1 fully saturated rings. The SMILES string of the molecule is COc1ncnc2c1ncn2C1OC(CO)C(OC(C)=O)C1OC(C)=O. The topological polar surface area (TPSA) is 135 Å². The number of aliphatic hydroxyl groups excluding tert-OH is 1. The van der Waals surface area contributed by atoms with Crippen LogP contribution in [0, 0.1) is 0 Å². The van der Waals surface area contributed by atoms with Gasteiger partial charge in [-0.25, -0.2) is 9.97 Å². The second-order valence-electron chi connectivity index (χ2n) is 5.60. The highest BCUT2D eigenvalue weighted by molar-refractivity contribution is 5.76. The van der Waals surface area contributed by atoms with Crippen LogP contribution in [0.2, 0.25) is 0 Å². The highest BCUT2D eigenvalue weighted by Crippen LogP contribution is 2.36. The van der Waals surface area contributed by atoms with Gasteiger partial charge in [0, 0.05) is 13.8 Å². The minimum absolute atomic E-state index is 0.269. The molecule has 2 aromatic heterocycles. The fourth-order valence-electron chi connectivity index (χ4n) is 2.90. The number of esters is 2. The van der Waals surface area contributed by atoms with Gasteiger partial charge in [0.25, 0.3) is 0 Å². The summed E-state index contributed by atoms with van der Waals surface area (Å²) >= 11 is 0. The van der Waals surface area contributed by atoms with Crippen LogP contribution in [0.4, 0.5) is 0 Å². The first-order valence-electron chi connectivity index (χ1n) is 7.78. The van der Waals surface area contributed by atoms with Crippen LogP contribution in [-0.2, 0) is 23.8 Å². The molecular weight excluding hydrogens is 348 g/mol. The summed E-state index contributed by atoms with van der Waals surface area (Å²) in [7, 11) is 1.45. The molecular formula is C15H18N4O7. The molecule has 26 heavy (non-hydrogen) atoms. The van der Waals surface area contributed by atoms with Gasteiger partial charge in [0.15, 0.2) is 29.6 Å². The van der Waals surface area contributed by atoms with E-state index in [2.05, 4.69) is 15.0 Å². The summed E-state index contributed by atoms with van der Waals surface area (Å²) in [6.07, 6.45) is -1.05. The number of rotatable bonds is 5. The lowest BCUT2D eigenvalue weighted by Gasteiger charge is -2.23. The van der Waals surface area contributed by atoms with E-state index in [1.54, 1.807) is 0 Å². The first kappa shape index (κ1) is 18.0. The predicted octanol–water partition coefficient (Wildman–Crippen LogP) is -0.412. The highest BCUT2D eigenvalue weighted by atomic mass is 16.6. The van der Waals surface area contributed by atoms with Gasteiger partial charge >= 0.3 is 11.9 Å². The second-order valence-corrected chi connectivity index (χ2v) is 5.60. The summed E-state index contributed by atoms with van der Waals surface area (Å²) < 4.78 is 23.0. The number of methoxy groups -OCH3 is 1. The van der Waals surface area contributed by atoms with Crippen LogP contribution in [0.3, 0.4) is 0 Å². The van der Waals surface area contributed by atoms with Crippen molar-refractivity contribution in [1.29, 1.82) is 0 Å². The van der Waals surface area contributed by atoms with Crippen LogP contribution >= 0.6 is 0 Å². The monoisotopic (exact) mass is 366 g/mol. The van der Waals surface area contributed by atoms with Gasteiger partial charge in [-0.2, -0.15) is 4.98 Å². The molecule has 1 aliphatic rings. The van der Waals surface area contributed by atoms with Crippen molar-refractivity contribution < 1.29 is 33.6 Å². The maximum atomic E-state index is 11.6. The number of carbonyl (C=O) groups is 2. The Kier molecular flexibility index (Phi) is 5.00. The Morgan fingerprint density at radius 2 is 1.88 bits per heavy atom. The highest BCUT2D eigenvalue weighted by Gasteiger charge is 2.50. The van der Waals surface area contributed by atoms with Crippen molar-refractivity contribution in [1.82, 2.24) is 19.5 Å². The predicted molar refractivity (Wildman–Crippen MR) is 84.0 cm³/mol. The van der Waals surface area contributed by atoms with Crippen molar-refractivity contribution in [2.24, 2.45) is 0 Å². The maximum absolute atomic E-state index is 11.6. The van der Waals surface area contributed by atoms with E-state index >= 15 is 0 Å². The molecule has 0 saturated carbocycles. The molecule has 4 unspecified atom stereocenters. The smallest absolute Gasteiger partial charge is 0.303 e. The summed E-state index contributed by atoms with van der Waals surface area (Å²) in [6.45, 7) is 2.01. The average molecular weight is 366 g/mol. The van der Waals surface area contributed by atoms with Gasteiger partial charge in [0.05, 0.1) is 20.0 Å². The summed E-state index contributed by atoms with van der Waals surface area (Å²) in [5, 5.41) is 9.58. The van der Waals surface area contributed by atoms with Crippen molar-refractivity contribution in [2.45, 2.75) is 38.4 Å². The van der Waals surface area contributed by atoms with Gasteiger partial charge < -0.3 is 24.1 Å². The molecule has 1 saturated heterocycles. The number of imidazole rings is 1. The zero-order valence-corrected chi connectivity index (χ0v) is 14.4. The minimum atomic E-state index is -0.994.